The standard InChI is InChI=1S/C14H14BrF2NO3/c15-9-1-2-11(10(7-9)13(20)21)18-12(19)8-3-5-14(16,17)6-4-8/h1-2,7-8H,3-6H2,(H,18,19)(H,20,21). The second-order valence-corrected chi connectivity index (χ2v) is 6.03. The minimum atomic E-state index is -2.69. The van der Waals surface area contributed by atoms with Crippen LogP contribution in [0.25, 0.3) is 0 Å². The normalized spacial score (nSPS) is 18.2. The number of halogens is 3. The molecule has 0 saturated heterocycles. The first-order valence-corrected chi connectivity index (χ1v) is 7.29. The molecule has 0 spiro atoms. The van der Waals surface area contributed by atoms with Crippen molar-refractivity contribution in [2.24, 2.45) is 5.92 Å². The van der Waals surface area contributed by atoms with Crippen molar-refractivity contribution in [2.45, 2.75) is 31.6 Å². The molecule has 0 radical (unpaired) electrons. The summed E-state index contributed by atoms with van der Waals surface area (Å²) < 4.78 is 26.7. The van der Waals surface area contributed by atoms with Gasteiger partial charge in [0.05, 0.1) is 11.3 Å². The van der Waals surface area contributed by atoms with E-state index in [0.29, 0.717) is 4.47 Å². The summed E-state index contributed by atoms with van der Waals surface area (Å²) in [7, 11) is 0. The van der Waals surface area contributed by atoms with Gasteiger partial charge < -0.3 is 10.4 Å². The molecule has 1 aliphatic carbocycles. The Hall–Kier alpha value is -1.50. The maximum Gasteiger partial charge on any atom is 0.337 e. The van der Waals surface area contributed by atoms with Crippen LogP contribution >= 0.6 is 15.9 Å². The summed E-state index contributed by atoms with van der Waals surface area (Å²) in [6.07, 6.45) is -0.399. The lowest BCUT2D eigenvalue weighted by molar-refractivity contribution is -0.124. The lowest BCUT2D eigenvalue weighted by Gasteiger charge is -2.27. The number of carbonyl (C=O) groups excluding carboxylic acids is 1. The van der Waals surface area contributed by atoms with Crippen molar-refractivity contribution in [3.05, 3.63) is 28.2 Å². The van der Waals surface area contributed by atoms with E-state index in [1.807, 2.05) is 0 Å². The molecule has 0 aromatic heterocycles. The summed E-state index contributed by atoms with van der Waals surface area (Å²) in [6.45, 7) is 0. The highest BCUT2D eigenvalue weighted by molar-refractivity contribution is 9.10. The van der Waals surface area contributed by atoms with Crippen LogP contribution in [0.15, 0.2) is 22.7 Å². The molecule has 7 heteroatoms. The molecule has 1 fully saturated rings. The molecule has 114 valence electrons. The Labute approximate surface area is 128 Å². The molecule has 4 nitrogen and oxygen atoms in total. The van der Waals surface area contributed by atoms with E-state index in [2.05, 4.69) is 21.2 Å². The van der Waals surface area contributed by atoms with E-state index in [0.717, 1.165) is 0 Å². The van der Waals surface area contributed by atoms with Crippen LogP contribution in [0.4, 0.5) is 14.5 Å². The van der Waals surface area contributed by atoms with Crippen LogP contribution in [0.2, 0.25) is 0 Å². The predicted molar refractivity (Wildman–Crippen MR) is 76.6 cm³/mol. The van der Waals surface area contributed by atoms with Crippen molar-refractivity contribution >= 4 is 33.5 Å². The quantitative estimate of drug-likeness (QED) is 0.857. The molecule has 1 aliphatic rings. The first-order chi connectivity index (χ1) is 9.78. The number of carboxylic acids is 1. The van der Waals surface area contributed by atoms with E-state index < -0.39 is 23.7 Å². The van der Waals surface area contributed by atoms with Gasteiger partial charge in [-0.15, -0.1) is 0 Å². The van der Waals surface area contributed by atoms with Gasteiger partial charge in [-0.3, -0.25) is 4.79 Å². The number of carboxylic acid groups (broad SMARTS) is 1. The molecule has 0 aliphatic heterocycles. The summed E-state index contributed by atoms with van der Waals surface area (Å²) in [6, 6.07) is 4.47. The number of carbonyl (C=O) groups is 2. The number of rotatable bonds is 3. The topological polar surface area (TPSA) is 66.4 Å². The lowest BCUT2D eigenvalue weighted by Crippen LogP contribution is -2.32. The molecule has 0 bridgehead atoms. The highest BCUT2D eigenvalue weighted by Gasteiger charge is 2.37. The van der Waals surface area contributed by atoms with Gasteiger partial charge in [-0.2, -0.15) is 0 Å². The first-order valence-electron chi connectivity index (χ1n) is 6.50. The number of hydrogen-bond donors (Lipinski definition) is 2. The molecule has 21 heavy (non-hydrogen) atoms. The van der Waals surface area contributed by atoms with Gasteiger partial charge in [0.15, 0.2) is 0 Å². The number of benzene rings is 1. The molecule has 1 saturated carbocycles. The Morgan fingerprint density at radius 2 is 1.90 bits per heavy atom. The second kappa shape index (κ2) is 6.09. The average molecular weight is 362 g/mol. The minimum absolute atomic E-state index is 0.0427. The van der Waals surface area contributed by atoms with Gasteiger partial charge in [0.2, 0.25) is 11.8 Å². The zero-order valence-corrected chi connectivity index (χ0v) is 12.6. The average Bonchev–Trinajstić information content (AvgIpc) is 2.40. The van der Waals surface area contributed by atoms with E-state index in [9.17, 15) is 18.4 Å². The minimum Gasteiger partial charge on any atom is -0.478 e. The zero-order chi connectivity index (χ0) is 15.6. The fourth-order valence-corrected chi connectivity index (χ4v) is 2.70. The Morgan fingerprint density at radius 1 is 1.29 bits per heavy atom. The van der Waals surface area contributed by atoms with Gasteiger partial charge in [0.1, 0.15) is 0 Å². The molecule has 0 atom stereocenters. The summed E-state index contributed by atoms with van der Waals surface area (Å²) in [4.78, 5) is 23.2. The number of amides is 1. The molecular formula is C14H14BrF2NO3. The third kappa shape index (κ3) is 4.00. The van der Waals surface area contributed by atoms with Crippen LogP contribution in [0.1, 0.15) is 36.0 Å². The van der Waals surface area contributed by atoms with Gasteiger partial charge in [-0.25, -0.2) is 13.6 Å². The second-order valence-electron chi connectivity index (χ2n) is 5.11. The van der Waals surface area contributed by atoms with Crippen molar-refractivity contribution in [1.29, 1.82) is 0 Å². The van der Waals surface area contributed by atoms with Gasteiger partial charge in [0.25, 0.3) is 0 Å². The van der Waals surface area contributed by atoms with Crippen LogP contribution in [-0.4, -0.2) is 22.9 Å². The number of nitrogens with one attached hydrogen (secondary N) is 1. The van der Waals surface area contributed by atoms with Crippen molar-refractivity contribution < 1.29 is 23.5 Å². The largest absolute Gasteiger partial charge is 0.478 e. The highest BCUT2D eigenvalue weighted by atomic mass is 79.9. The molecule has 1 aromatic rings. The van der Waals surface area contributed by atoms with Crippen LogP contribution in [-0.2, 0) is 4.79 Å². The van der Waals surface area contributed by atoms with Crippen LogP contribution in [0.3, 0.4) is 0 Å². The molecule has 0 heterocycles. The van der Waals surface area contributed by atoms with Crippen LogP contribution < -0.4 is 5.32 Å². The maximum atomic E-state index is 13.1. The van der Waals surface area contributed by atoms with Gasteiger partial charge in [0, 0.05) is 23.2 Å². The summed E-state index contributed by atoms with van der Waals surface area (Å²) in [5, 5.41) is 11.6. The third-order valence-corrected chi connectivity index (χ3v) is 4.05. The Balaban J connectivity index is 2.08. The van der Waals surface area contributed by atoms with Crippen molar-refractivity contribution in [1.82, 2.24) is 0 Å². The van der Waals surface area contributed by atoms with Crippen LogP contribution in [0, 0.1) is 5.92 Å². The van der Waals surface area contributed by atoms with Gasteiger partial charge in [-0.1, -0.05) is 15.9 Å². The Kier molecular flexibility index (Phi) is 4.61. The number of anilines is 1. The van der Waals surface area contributed by atoms with Crippen molar-refractivity contribution in [2.75, 3.05) is 5.32 Å². The molecule has 2 rings (SSSR count). The number of aromatic carboxylic acids is 1. The van der Waals surface area contributed by atoms with E-state index in [4.69, 9.17) is 5.11 Å². The van der Waals surface area contributed by atoms with E-state index in [1.54, 1.807) is 6.07 Å². The Morgan fingerprint density at radius 3 is 2.48 bits per heavy atom. The van der Waals surface area contributed by atoms with E-state index in [1.165, 1.54) is 12.1 Å². The summed E-state index contributed by atoms with van der Waals surface area (Å²) in [5.41, 5.74) is 0.131. The monoisotopic (exact) mass is 361 g/mol. The maximum absolute atomic E-state index is 13.1. The van der Waals surface area contributed by atoms with Crippen molar-refractivity contribution in [3.63, 3.8) is 0 Å². The number of hydrogen-bond acceptors (Lipinski definition) is 2. The molecule has 1 aromatic carbocycles. The molecular weight excluding hydrogens is 348 g/mol. The smallest absolute Gasteiger partial charge is 0.337 e. The summed E-state index contributed by atoms with van der Waals surface area (Å²) in [5.74, 6) is -4.77. The molecule has 2 N–H and O–H groups in total. The highest BCUT2D eigenvalue weighted by Crippen LogP contribution is 2.36. The SMILES string of the molecule is O=C(O)c1cc(Br)ccc1NC(=O)C1CCC(F)(F)CC1. The fraction of sp³-hybridized carbons (Fsp3) is 0.429. The third-order valence-electron chi connectivity index (χ3n) is 3.56. The molecule has 1 amide bonds. The fourth-order valence-electron chi connectivity index (χ4n) is 2.34. The zero-order valence-electron chi connectivity index (χ0n) is 11.0. The van der Waals surface area contributed by atoms with Crippen molar-refractivity contribution in [3.8, 4) is 0 Å². The predicted octanol–water partition coefficient (Wildman–Crippen LogP) is 3.91. The molecule has 0 unspecified atom stereocenters. The van der Waals surface area contributed by atoms with Gasteiger partial charge in [-0.05, 0) is 31.0 Å². The van der Waals surface area contributed by atoms with E-state index >= 15 is 0 Å². The lowest BCUT2D eigenvalue weighted by atomic mass is 9.86. The van der Waals surface area contributed by atoms with Gasteiger partial charge >= 0.3 is 5.97 Å². The first kappa shape index (κ1) is 15.9. The van der Waals surface area contributed by atoms with E-state index in [-0.39, 0.29) is 36.9 Å². The summed E-state index contributed by atoms with van der Waals surface area (Å²) >= 11 is 3.16. The Bertz CT molecular complexity index is 567. The van der Waals surface area contributed by atoms with Crippen LogP contribution in [0.5, 0.6) is 0 Å². The number of alkyl halides is 2.